The van der Waals surface area contributed by atoms with Gasteiger partial charge >= 0.3 is 0 Å². The van der Waals surface area contributed by atoms with Crippen molar-refractivity contribution >= 4 is 0 Å². The molecule has 0 radical (unpaired) electrons. The van der Waals surface area contributed by atoms with E-state index in [9.17, 15) is 0 Å². The molecule has 0 aliphatic carbocycles. The number of aliphatic hydroxyl groups excluding tert-OH is 1. The summed E-state index contributed by atoms with van der Waals surface area (Å²) in [4.78, 5) is 0. The van der Waals surface area contributed by atoms with Crippen molar-refractivity contribution in [3.05, 3.63) is 0 Å². The molecule has 27 heavy (non-hydrogen) atoms. The van der Waals surface area contributed by atoms with Gasteiger partial charge in [0.2, 0.25) is 0 Å². The van der Waals surface area contributed by atoms with Gasteiger partial charge in [0.25, 0.3) is 0 Å². The molecule has 0 aromatic carbocycles. The van der Waals surface area contributed by atoms with Gasteiger partial charge in [0.15, 0.2) is 6.29 Å². The largest absolute Gasteiger partial charge is 0.368 e. The first-order valence-corrected chi connectivity index (χ1v) is 12.1. The molecule has 0 aliphatic heterocycles. The lowest BCUT2D eigenvalue weighted by atomic mass is 10.0. The van der Waals surface area contributed by atoms with Crippen molar-refractivity contribution in [3.63, 3.8) is 0 Å². The van der Waals surface area contributed by atoms with E-state index in [1.807, 2.05) is 6.92 Å². The van der Waals surface area contributed by atoms with E-state index in [-0.39, 0.29) is 5.92 Å². The number of hydrogen-bond donors (Lipinski definition) is 3. The van der Waals surface area contributed by atoms with E-state index in [0.29, 0.717) is 0 Å². The first kappa shape index (κ1) is 26.9. The van der Waals surface area contributed by atoms with Gasteiger partial charge in [-0.25, -0.2) is 0 Å². The quantitative estimate of drug-likeness (QED) is 0.158. The third-order valence-electron chi connectivity index (χ3n) is 5.66. The second kappa shape index (κ2) is 20.6. The Labute approximate surface area is 170 Å². The van der Waals surface area contributed by atoms with Crippen LogP contribution in [0.2, 0.25) is 0 Å². The molecule has 0 saturated heterocycles. The summed E-state index contributed by atoms with van der Waals surface area (Å²) in [6.07, 6.45) is 20.5. The topological polar surface area (TPSA) is 52.5 Å². The molecule has 0 amide bonds. The lowest BCUT2D eigenvalue weighted by Gasteiger charge is -2.13. The van der Waals surface area contributed by atoms with Crippen LogP contribution < -0.4 is 5.32 Å². The monoisotopic (exact) mass is 385 g/mol. The summed E-state index contributed by atoms with van der Waals surface area (Å²) in [5.41, 5.74) is 0. The Morgan fingerprint density at radius 2 is 0.926 bits per heavy atom. The second-order valence-corrected chi connectivity index (χ2v) is 9.06. The molecule has 0 saturated carbocycles. The Hall–Kier alpha value is -0.120. The molecule has 0 bridgehead atoms. The van der Waals surface area contributed by atoms with E-state index in [0.717, 1.165) is 31.8 Å². The van der Waals surface area contributed by atoms with Gasteiger partial charge in [-0.2, -0.15) is 0 Å². The Morgan fingerprint density at radius 3 is 1.37 bits per heavy atom. The number of nitrogens with one attached hydrogen (secondary N) is 1. The summed E-state index contributed by atoms with van der Waals surface area (Å²) >= 11 is 0. The Balaban J connectivity index is 3.05. The summed E-state index contributed by atoms with van der Waals surface area (Å²) in [7, 11) is 0. The maximum absolute atomic E-state index is 9.01. The van der Waals surface area contributed by atoms with Crippen LogP contribution in [0, 0.1) is 11.8 Å². The van der Waals surface area contributed by atoms with Gasteiger partial charge in [-0.3, -0.25) is 0 Å². The predicted molar refractivity (Wildman–Crippen MR) is 119 cm³/mol. The molecule has 0 rings (SSSR count). The van der Waals surface area contributed by atoms with Gasteiger partial charge in [-0.05, 0) is 38.3 Å². The molecule has 1 atom stereocenters. The molecule has 0 aromatic heterocycles. The number of aliphatic hydroxyl groups is 2. The van der Waals surface area contributed by atoms with E-state index in [1.54, 1.807) is 0 Å². The fourth-order valence-electron chi connectivity index (χ4n) is 3.57. The van der Waals surface area contributed by atoms with E-state index >= 15 is 0 Å². The van der Waals surface area contributed by atoms with Crippen LogP contribution in [0.25, 0.3) is 0 Å². The first-order chi connectivity index (χ1) is 13.0. The molecule has 164 valence electrons. The molecule has 1 unspecified atom stereocenters. The summed E-state index contributed by atoms with van der Waals surface area (Å²) < 4.78 is 0. The van der Waals surface area contributed by atoms with Gasteiger partial charge in [-0.15, -0.1) is 0 Å². The highest BCUT2D eigenvalue weighted by Crippen LogP contribution is 2.14. The second-order valence-electron chi connectivity index (χ2n) is 9.06. The minimum absolute atomic E-state index is 0.0125. The van der Waals surface area contributed by atoms with Gasteiger partial charge in [0, 0.05) is 5.92 Å². The minimum atomic E-state index is -1.16. The van der Waals surface area contributed by atoms with Crippen LogP contribution in [0.5, 0.6) is 0 Å². The normalized spacial score (nSPS) is 13.0. The molecule has 3 heteroatoms. The summed E-state index contributed by atoms with van der Waals surface area (Å²) in [6.45, 7) is 8.64. The molecule has 3 nitrogen and oxygen atoms in total. The summed E-state index contributed by atoms with van der Waals surface area (Å²) in [5, 5.41) is 21.5. The average molecular weight is 386 g/mol. The van der Waals surface area contributed by atoms with Crippen LogP contribution in [0.3, 0.4) is 0 Å². The lowest BCUT2D eigenvalue weighted by Crippen LogP contribution is -2.20. The number of rotatable bonds is 21. The number of hydrogen-bond acceptors (Lipinski definition) is 3. The van der Waals surface area contributed by atoms with Crippen molar-refractivity contribution in [1.29, 1.82) is 0 Å². The van der Waals surface area contributed by atoms with Gasteiger partial charge in [0.05, 0.1) is 0 Å². The smallest absolute Gasteiger partial charge is 0.154 e. The number of unbranched alkanes of at least 4 members (excludes halogenated alkanes) is 12. The average Bonchev–Trinajstić information content (AvgIpc) is 2.63. The summed E-state index contributed by atoms with van der Waals surface area (Å²) in [6, 6.07) is 0. The molecule has 0 aliphatic rings. The van der Waals surface area contributed by atoms with Crippen LogP contribution in [0.1, 0.15) is 124 Å². The van der Waals surface area contributed by atoms with Crippen molar-refractivity contribution in [1.82, 2.24) is 5.32 Å². The Morgan fingerprint density at radius 1 is 0.519 bits per heavy atom. The van der Waals surface area contributed by atoms with Crippen molar-refractivity contribution < 1.29 is 10.2 Å². The molecule has 0 spiro atoms. The minimum Gasteiger partial charge on any atom is -0.368 e. The van der Waals surface area contributed by atoms with E-state index in [1.165, 1.54) is 89.9 Å². The summed E-state index contributed by atoms with van der Waals surface area (Å²) in [5.74, 6) is 0.866. The van der Waals surface area contributed by atoms with Crippen molar-refractivity contribution in [3.8, 4) is 0 Å². The predicted octanol–water partition coefficient (Wildman–Crippen LogP) is 6.42. The van der Waals surface area contributed by atoms with Gasteiger partial charge < -0.3 is 15.5 Å². The van der Waals surface area contributed by atoms with E-state index in [2.05, 4.69) is 19.2 Å². The Kier molecular flexibility index (Phi) is 20.5. The molecular weight excluding hydrogens is 334 g/mol. The molecule has 3 N–H and O–H groups in total. The highest BCUT2D eigenvalue weighted by molar-refractivity contribution is 4.57. The molecular formula is C24H51NO2. The third kappa shape index (κ3) is 22.0. The third-order valence-corrected chi connectivity index (χ3v) is 5.66. The van der Waals surface area contributed by atoms with Crippen molar-refractivity contribution in [2.45, 2.75) is 130 Å². The van der Waals surface area contributed by atoms with Gasteiger partial charge in [0.1, 0.15) is 0 Å². The fourth-order valence-corrected chi connectivity index (χ4v) is 3.57. The van der Waals surface area contributed by atoms with E-state index < -0.39 is 6.29 Å². The van der Waals surface area contributed by atoms with Crippen LogP contribution in [-0.2, 0) is 0 Å². The highest BCUT2D eigenvalue weighted by atomic mass is 16.5. The maximum Gasteiger partial charge on any atom is 0.154 e. The lowest BCUT2D eigenvalue weighted by molar-refractivity contribution is -0.0806. The Bertz CT molecular complexity index is 282. The maximum atomic E-state index is 9.01. The SMILES string of the molecule is CC(C)CCCCCCCCCCCCCCCNCCCC(C)C(O)O. The molecule has 0 fully saturated rings. The fraction of sp³-hybridized carbons (Fsp3) is 1.00. The molecule has 0 heterocycles. The van der Waals surface area contributed by atoms with Crippen LogP contribution in [0.15, 0.2) is 0 Å². The zero-order valence-electron chi connectivity index (χ0n) is 18.9. The van der Waals surface area contributed by atoms with Gasteiger partial charge in [-0.1, -0.05) is 104 Å². The van der Waals surface area contributed by atoms with Crippen molar-refractivity contribution in [2.75, 3.05) is 13.1 Å². The van der Waals surface area contributed by atoms with Crippen LogP contribution >= 0.6 is 0 Å². The molecule has 0 aromatic rings. The van der Waals surface area contributed by atoms with E-state index in [4.69, 9.17) is 10.2 Å². The van der Waals surface area contributed by atoms with Crippen LogP contribution in [-0.4, -0.2) is 29.6 Å². The zero-order valence-corrected chi connectivity index (χ0v) is 18.9. The standard InChI is InChI=1S/C24H51NO2/c1-22(2)18-15-13-11-9-7-5-4-6-8-10-12-14-16-20-25-21-17-19-23(3)24(26)27/h22-27H,4-21H2,1-3H3. The zero-order chi connectivity index (χ0) is 20.2. The highest BCUT2D eigenvalue weighted by Gasteiger charge is 2.08. The first-order valence-electron chi connectivity index (χ1n) is 12.1. The van der Waals surface area contributed by atoms with Crippen LogP contribution in [0.4, 0.5) is 0 Å². The van der Waals surface area contributed by atoms with Crippen molar-refractivity contribution in [2.24, 2.45) is 11.8 Å².